The summed E-state index contributed by atoms with van der Waals surface area (Å²) in [6, 6.07) is 0. The molecular formula is C10H18N2O4S2. The summed E-state index contributed by atoms with van der Waals surface area (Å²) in [5.41, 5.74) is -0.164. The van der Waals surface area contributed by atoms with Crippen LogP contribution in [0.5, 0.6) is 0 Å². The summed E-state index contributed by atoms with van der Waals surface area (Å²) in [6.07, 6.45) is 0.336. The molecule has 2 heterocycles. The van der Waals surface area contributed by atoms with Gasteiger partial charge in [-0.1, -0.05) is 0 Å². The van der Waals surface area contributed by atoms with Crippen LogP contribution in [0.25, 0.3) is 0 Å². The lowest BCUT2D eigenvalue weighted by Crippen LogP contribution is -2.39. The minimum absolute atomic E-state index is 0.0718. The molecule has 0 saturated carbocycles. The number of nitrogens with zero attached hydrogens (tertiary/aromatic N) is 1. The van der Waals surface area contributed by atoms with Crippen molar-refractivity contribution in [1.29, 1.82) is 0 Å². The summed E-state index contributed by atoms with van der Waals surface area (Å²) in [5, 5.41) is 3.27. The van der Waals surface area contributed by atoms with Crippen LogP contribution in [0.15, 0.2) is 0 Å². The molecule has 0 spiro atoms. The number of nitrogens with one attached hydrogen (secondary N) is 1. The summed E-state index contributed by atoms with van der Waals surface area (Å²) >= 11 is 1.51. The molecule has 2 aliphatic rings. The highest BCUT2D eigenvalue weighted by molar-refractivity contribution is 8.02. The molecule has 2 unspecified atom stereocenters. The normalized spacial score (nSPS) is 30.6. The maximum atomic E-state index is 11.7. The molecule has 0 aliphatic carbocycles. The highest BCUT2D eigenvalue weighted by Crippen LogP contribution is 2.30. The second-order valence-corrected chi connectivity index (χ2v) is 7.97. The molecule has 1 N–H and O–H groups in total. The van der Waals surface area contributed by atoms with Crippen molar-refractivity contribution >= 4 is 27.7 Å². The van der Waals surface area contributed by atoms with E-state index in [9.17, 15) is 13.2 Å². The van der Waals surface area contributed by atoms with Crippen molar-refractivity contribution in [2.24, 2.45) is 0 Å². The number of sulfone groups is 1. The third-order valence-electron chi connectivity index (χ3n) is 2.97. The number of hydrogen-bond donors (Lipinski definition) is 1. The fourth-order valence-electron chi connectivity index (χ4n) is 2.10. The summed E-state index contributed by atoms with van der Waals surface area (Å²) < 4.78 is 27.8. The van der Waals surface area contributed by atoms with Gasteiger partial charge in [0.05, 0.1) is 18.1 Å². The van der Waals surface area contributed by atoms with Crippen molar-refractivity contribution in [2.75, 3.05) is 31.2 Å². The van der Waals surface area contributed by atoms with Crippen molar-refractivity contribution in [2.45, 2.75) is 24.1 Å². The van der Waals surface area contributed by atoms with Crippen LogP contribution in [0.1, 0.15) is 13.3 Å². The summed E-state index contributed by atoms with van der Waals surface area (Å²) in [4.78, 5) is 13.3. The molecule has 0 bridgehead atoms. The molecule has 2 rings (SSSR count). The zero-order valence-electron chi connectivity index (χ0n) is 10.3. The average Bonchev–Trinajstić information content (AvgIpc) is 2.86. The molecule has 0 radical (unpaired) electrons. The van der Waals surface area contributed by atoms with Gasteiger partial charge in [0.25, 0.3) is 0 Å². The molecule has 2 saturated heterocycles. The summed E-state index contributed by atoms with van der Waals surface area (Å²) in [5.74, 6) is 0.476. The maximum absolute atomic E-state index is 11.7. The SMILES string of the molecule is CCOC(=O)N1CCNC1SC1CCS(=O)(=O)C1. The maximum Gasteiger partial charge on any atom is 0.411 e. The number of carbonyl (C=O) groups is 1. The van der Waals surface area contributed by atoms with Crippen LogP contribution < -0.4 is 5.32 Å². The van der Waals surface area contributed by atoms with E-state index in [0.717, 1.165) is 6.54 Å². The first-order valence-corrected chi connectivity index (χ1v) is 8.81. The van der Waals surface area contributed by atoms with Gasteiger partial charge in [-0.3, -0.25) is 10.2 Å². The molecule has 2 aliphatic heterocycles. The van der Waals surface area contributed by atoms with Crippen molar-refractivity contribution in [3.05, 3.63) is 0 Å². The van der Waals surface area contributed by atoms with Crippen molar-refractivity contribution < 1.29 is 17.9 Å². The highest BCUT2D eigenvalue weighted by atomic mass is 32.2. The van der Waals surface area contributed by atoms with Crippen LogP contribution in [0.4, 0.5) is 4.79 Å². The standard InChI is InChI=1S/C10H18N2O4S2/c1-2-16-10(13)12-5-4-11-9(12)17-8-3-6-18(14,15)7-8/h8-9,11H,2-7H2,1H3. The molecule has 0 aromatic heterocycles. The lowest BCUT2D eigenvalue weighted by atomic mass is 10.4. The van der Waals surface area contributed by atoms with Gasteiger partial charge in [-0.15, -0.1) is 11.8 Å². The van der Waals surface area contributed by atoms with E-state index in [0.29, 0.717) is 19.6 Å². The Morgan fingerprint density at radius 2 is 2.33 bits per heavy atom. The van der Waals surface area contributed by atoms with Crippen molar-refractivity contribution in [3.8, 4) is 0 Å². The third-order valence-corrected chi connectivity index (χ3v) is 6.41. The van der Waals surface area contributed by atoms with Gasteiger partial charge in [-0.05, 0) is 13.3 Å². The molecule has 1 amide bonds. The lowest BCUT2D eigenvalue weighted by Gasteiger charge is -2.24. The molecule has 2 atom stereocenters. The summed E-state index contributed by atoms with van der Waals surface area (Å²) in [7, 11) is -2.87. The zero-order valence-corrected chi connectivity index (χ0v) is 11.9. The first kappa shape index (κ1) is 14.0. The van der Waals surface area contributed by atoms with Gasteiger partial charge in [0.2, 0.25) is 0 Å². The number of carbonyl (C=O) groups excluding carboxylic acids is 1. The van der Waals surface area contributed by atoms with Crippen molar-refractivity contribution in [1.82, 2.24) is 10.2 Å². The van der Waals surface area contributed by atoms with E-state index in [2.05, 4.69) is 5.32 Å². The average molecular weight is 294 g/mol. The third kappa shape index (κ3) is 3.30. The van der Waals surface area contributed by atoms with Gasteiger partial charge < -0.3 is 4.74 Å². The fraction of sp³-hybridized carbons (Fsp3) is 0.900. The molecule has 2 fully saturated rings. The van der Waals surface area contributed by atoms with Gasteiger partial charge in [-0.2, -0.15) is 0 Å². The van der Waals surface area contributed by atoms with E-state index in [1.165, 1.54) is 11.8 Å². The fourth-order valence-corrected chi connectivity index (χ4v) is 5.90. The monoisotopic (exact) mass is 294 g/mol. The zero-order chi connectivity index (χ0) is 13.2. The second-order valence-electron chi connectivity index (χ2n) is 4.36. The summed E-state index contributed by atoms with van der Waals surface area (Å²) in [6.45, 7) is 3.45. The Morgan fingerprint density at radius 1 is 1.56 bits per heavy atom. The van der Waals surface area contributed by atoms with Gasteiger partial charge >= 0.3 is 6.09 Å². The van der Waals surface area contributed by atoms with Gasteiger partial charge in [0, 0.05) is 18.3 Å². The first-order chi connectivity index (χ1) is 8.52. The Hall–Kier alpha value is -0.470. The lowest BCUT2D eigenvalue weighted by molar-refractivity contribution is 0.112. The Bertz CT molecular complexity index is 412. The van der Waals surface area contributed by atoms with E-state index < -0.39 is 9.84 Å². The van der Waals surface area contributed by atoms with Crippen molar-refractivity contribution in [3.63, 3.8) is 0 Å². The first-order valence-electron chi connectivity index (χ1n) is 6.04. The van der Waals surface area contributed by atoms with E-state index in [1.54, 1.807) is 11.8 Å². The topological polar surface area (TPSA) is 75.7 Å². The Morgan fingerprint density at radius 3 is 2.94 bits per heavy atom. The smallest absolute Gasteiger partial charge is 0.411 e. The quantitative estimate of drug-likeness (QED) is 0.804. The van der Waals surface area contributed by atoms with E-state index in [4.69, 9.17) is 4.74 Å². The molecule has 104 valence electrons. The number of ether oxygens (including phenoxy) is 1. The molecule has 0 aromatic rings. The highest BCUT2D eigenvalue weighted by Gasteiger charge is 2.36. The molecular weight excluding hydrogens is 276 g/mol. The van der Waals surface area contributed by atoms with E-state index in [-0.39, 0.29) is 28.3 Å². The van der Waals surface area contributed by atoms with Crippen LogP contribution in [-0.4, -0.2) is 61.4 Å². The minimum Gasteiger partial charge on any atom is -0.450 e. The molecule has 0 aromatic carbocycles. The predicted octanol–water partition coefficient (Wildman–Crippen LogP) is 0.252. The molecule has 8 heteroatoms. The second kappa shape index (κ2) is 5.66. The van der Waals surface area contributed by atoms with Crippen LogP contribution in [0, 0.1) is 0 Å². The Kier molecular flexibility index (Phi) is 4.39. The number of rotatable bonds is 3. The largest absolute Gasteiger partial charge is 0.450 e. The van der Waals surface area contributed by atoms with Crippen LogP contribution in [0.3, 0.4) is 0 Å². The predicted molar refractivity (Wildman–Crippen MR) is 70.2 cm³/mol. The van der Waals surface area contributed by atoms with Gasteiger partial charge in [0.1, 0.15) is 5.50 Å². The number of amides is 1. The Labute approximate surface area is 111 Å². The van der Waals surface area contributed by atoms with Crippen LogP contribution in [-0.2, 0) is 14.6 Å². The van der Waals surface area contributed by atoms with Gasteiger partial charge in [0.15, 0.2) is 9.84 Å². The van der Waals surface area contributed by atoms with E-state index >= 15 is 0 Å². The molecule has 6 nitrogen and oxygen atoms in total. The number of hydrogen-bond acceptors (Lipinski definition) is 6. The number of thioether (sulfide) groups is 1. The Balaban J connectivity index is 1.90. The van der Waals surface area contributed by atoms with Crippen LogP contribution >= 0.6 is 11.8 Å². The minimum atomic E-state index is -2.87. The van der Waals surface area contributed by atoms with E-state index in [1.807, 2.05) is 0 Å². The molecule has 18 heavy (non-hydrogen) atoms. The van der Waals surface area contributed by atoms with Gasteiger partial charge in [-0.25, -0.2) is 13.2 Å². The van der Waals surface area contributed by atoms with Crippen LogP contribution in [0.2, 0.25) is 0 Å².